The molecule has 0 radical (unpaired) electrons. The SMILES string of the molecule is CCCC(F)(F)C[C@H](NC(=O)N1CCC2(CC1)CCN(C1CC1)C2)C(=O)CC1(C#N)CC1. The number of nitrogens with zero attached hydrogens (tertiary/aromatic N) is 3. The molecule has 6 nitrogen and oxygen atoms in total. The van der Waals surface area contributed by atoms with Crippen LogP contribution in [0, 0.1) is 22.2 Å². The Morgan fingerprint density at radius 1 is 1.16 bits per heavy atom. The molecule has 1 atom stereocenters. The summed E-state index contributed by atoms with van der Waals surface area (Å²) >= 11 is 0. The Bertz CT molecular complexity index is 764. The number of amides is 2. The second-order valence-corrected chi connectivity index (χ2v) is 10.8. The number of carbonyl (C=O) groups is 2. The predicted molar refractivity (Wildman–Crippen MR) is 116 cm³/mol. The summed E-state index contributed by atoms with van der Waals surface area (Å²) in [5, 5.41) is 11.9. The van der Waals surface area contributed by atoms with Gasteiger partial charge in [0, 0.05) is 44.9 Å². The number of carbonyl (C=O) groups excluding carboxylic acids is 2. The Hall–Kier alpha value is -1.75. The Kier molecular flexibility index (Phi) is 6.50. The molecule has 2 saturated heterocycles. The van der Waals surface area contributed by atoms with Crippen LogP contribution >= 0.6 is 0 Å². The van der Waals surface area contributed by atoms with Gasteiger partial charge in [0.25, 0.3) is 5.92 Å². The fourth-order valence-electron chi connectivity index (χ4n) is 5.50. The van der Waals surface area contributed by atoms with Crippen LogP contribution in [0.1, 0.15) is 77.6 Å². The van der Waals surface area contributed by atoms with Gasteiger partial charge in [0.1, 0.15) is 0 Å². The van der Waals surface area contributed by atoms with E-state index in [1.54, 1.807) is 11.8 Å². The van der Waals surface area contributed by atoms with Crippen molar-refractivity contribution in [2.45, 2.75) is 95.6 Å². The summed E-state index contributed by atoms with van der Waals surface area (Å²) in [6.45, 7) is 5.11. The van der Waals surface area contributed by atoms with Crippen LogP contribution in [0.2, 0.25) is 0 Å². The highest BCUT2D eigenvalue weighted by Crippen LogP contribution is 2.48. The summed E-state index contributed by atoms with van der Waals surface area (Å²) in [5.41, 5.74) is -0.443. The molecule has 2 aliphatic carbocycles. The average Bonchev–Trinajstić information content (AvgIpc) is 3.68. The number of halogens is 2. The van der Waals surface area contributed by atoms with Gasteiger partial charge in [-0.3, -0.25) is 9.69 Å². The lowest BCUT2D eigenvalue weighted by Crippen LogP contribution is -2.53. The zero-order valence-electron chi connectivity index (χ0n) is 19.2. The molecule has 2 heterocycles. The van der Waals surface area contributed by atoms with Crippen molar-refractivity contribution < 1.29 is 18.4 Å². The first kappa shape index (κ1) is 23.4. The van der Waals surface area contributed by atoms with Gasteiger partial charge in [0.05, 0.1) is 17.5 Å². The molecule has 4 aliphatic rings. The molecule has 4 rings (SSSR count). The molecule has 0 aromatic carbocycles. The molecule has 1 spiro atoms. The number of likely N-dealkylation sites (tertiary alicyclic amines) is 2. The lowest BCUT2D eigenvalue weighted by atomic mass is 9.78. The van der Waals surface area contributed by atoms with E-state index in [0.29, 0.717) is 32.4 Å². The van der Waals surface area contributed by atoms with Crippen LogP contribution in [0.25, 0.3) is 0 Å². The van der Waals surface area contributed by atoms with E-state index in [2.05, 4.69) is 16.3 Å². The van der Waals surface area contributed by atoms with Gasteiger partial charge in [-0.15, -0.1) is 0 Å². The fourth-order valence-corrected chi connectivity index (χ4v) is 5.50. The molecule has 1 N–H and O–H groups in total. The molecule has 0 aromatic rings. The summed E-state index contributed by atoms with van der Waals surface area (Å²) in [5.74, 6) is -3.47. The lowest BCUT2D eigenvalue weighted by molar-refractivity contribution is -0.124. The highest BCUT2D eigenvalue weighted by molar-refractivity contribution is 5.89. The maximum Gasteiger partial charge on any atom is 0.317 e. The summed E-state index contributed by atoms with van der Waals surface area (Å²) in [4.78, 5) is 30.0. The number of nitrogens with one attached hydrogen (secondary N) is 1. The van der Waals surface area contributed by atoms with Crippen molar-refractivity contribution in [1.29, 1.82) is 5.26 Å². The highest BCUT2D eigenvalue weighted by atomic mass is 19.3. The topological polar surface area (TPSA) is 76.4 Å². The van der Waals surface area contributed by atoms with E-state index in [0.717, 1.165) is 32.0 Å². The zero-order chi connectivity index (χ0) is 23.0. The monoisotopic (exact) mass is 450 g/mol. The van der Waals surface area contributed by atoms with Crippen molar-refractivity contribution in [3.05, 3.63) is 0 Å². The summed E-state index contributed by atoms with van der Waals surface area (Å²) in [6, 6.07) is 1.24. The Morgan fingerprint density at radius 3 is 2.38 bits per heavy atom. The summed E-state index contributed by atoms with van der Waals surface area (Å²) < 4.78 is 28.8. The molecule has 8 heteroatoms. The minimum absolute atomic E-state index is 0.0588. The molecule has 32 heavy (non-hydrogen) atoms. The largest absolute Gasteiger partial charge is 0.328 e. The van der Waals surface area contributed by atoms with Crippen LogP contribution in [0.15, 0.2) is 0 Å². The van der Waals surface area contributed by atoms with Gasteiger partial charge in [-0.2, -0.15) is 5.26 Å². The number of hydrogen-bond acceptors (Lipinski definition) is 4. The second-order valence-electron chi connectivity index (χ2n) is 10.8. The van der Waals surface area contributed by atoms with Gasteiger partial charge in [-0.25, -0.2) is 13.6 Å². The molecular formula is C24H36F2N4O2. The smallest absolute Gasteiger partial charge is 0.317 e. The first-order chi connectivity index (χ1) is 15.2. The van der Waals surface area contributed by atoms with E-state index in [-0.39, 0.29) is 18.3 Å². The van der Waals surface area contributed by atoms with Crippen molar-refractivity contribution in [1.82, 2.24) is 15.1 Å². The molecular weight excluding hydrogens is 414 g/mol. The Balaban J connectivity index is 1.34. The number of urea groups is 1. The van der Waals surface area contributed by atoms with E-state index in [4.69, 9.17) is 0 Å². The quantitative estimate of drug-likeness (QED) is 0.574. The second kappa shape index (κ2) is 8.89. The first-order valence-electron chi connectivity index (χ1n) is 12.3. The molecule has 2 amide bonds. The predicted octanol–water partition coefficient (Wildman–Crippen LogP) is 4.10. The lowest BCUT2D eigenvalue weighted by Gasteiger charge is -2.40. The van der Waals surface area contributed by atoms with Gasteiger partial charge in [0.15, 0.2) is 5.78 Å². The molecule has 4 fully saturated rings. The molecule has 2 saturated carbocycles. The maximum absolute atomic E-state index is 14.4. The summed E-state index contributed by atoms with van der Waals surface area (Å²) in [6.07, 6.45) is 6.08. The summed E-state index contributed by atoms with van der Waals surface area (Å²) in [7, 11) is 0. The van der Waals surface area contributed by atoms with Crippen molar-refractivity contribution in [2.75, 3.05) is 26.2 Å². The van der Waals surface area contributed by atoms with E-state index >= 15 is 0 Å². The normalized spacial score (nSPS) is 25.4. The Labute approximate surface area is 189 Å². The number of nitriles is 1. The average molecular weight is 451 g/mol. The zero-order valence-corrected chi connectivity index (χ0v) is 19.2. The van der Waals surface area contributed by atoms with Crippen LogP contribution < -0.4 is 5.32 Å². The molecule has 0 unspecified atom stereocenters. The highest BCUT2D eigenvalue weighted by Gasteiger charge is 2.48. The van der Waals surface area contributed by atoms with Gasteiger partial charge >= 0.3 is 6.03 Å². The minimum atomic E-state index is -3.02. The third-order valence-corrected chi connectivity index (χ3v) is 8.05. The van der Waals surface area contributed by atoms with Crippen molar-refractivity contribution >= 4 is 11.8 Å². The van der Waals surface area contributed by atoms with Gasteiger partial charge < -0.3 is 10.2 Å². The number of rotatable bonds is 9. The van der Waals surface area contributed by atoms with E-state index in [1.807, 2.05) is 0 Å². The van der Waals surface area contributed by atoms with E-state index in [9.17, 15) is 23.6 Å². The number of alkyl halides is 2. The fraction of sp³-hybridized carbons (Fsp3) is 0.875. The standard InChI is InChI=1S/C24H36F2N4O2/c1-2-5-24(25,26)14-19(20(31)15-23(16-27)6-7-23)28-21(32)29-11-8-22(9-12-29)10-13-30(17-22)18-3-4-18/h18-19H,2-15,17H2,1H3,(H,28,32)/t19-/m0/s1. The molecule has 0 aromatic heterocycles. The number of piperidine rings is 1. The van der Waals surface area contributed by atoms with Gasteiger partial charge in [0.2, 0.25) is 0 Å². The number of hydrogen-bond donors (Lipinski definition) is 1. The third kappa shape index (κ3) is 5.41. The van der Waals surface area contributed by atoms with E-state index < -0.39 is 35.6 Å². The molecule has 0 bridgehead atoms. The first-order valence-corrected chi connectivity index (χ1v) is 12.3. The van der Waals surface area contributed by atoms with Crippen LogP contribution in [0.3, 0.4) is 0 Å². The molecule has 2 aliphatic heterocycles. The van der Waals surface area contributed by atoms with Crippen LogP contribution in [0.4, 0.5) is 13.6 Å². The van der Waals surface area contributed by atoms with Crippen LogP contribution in [-0.4, -0.2) is 65.8 Å². The van der Waals surface area contributed by atoms with Crippen molar-refractivity contribution in [3.63, 3.8) is 0 Å². The number of ketones is 1. The maximum atomic E-state index is 14.4. The molecule has 178 valence electrons. The third-order valence-electron chi connectivity index (χ3n) is 8.05. The van der Waals surface area contributed by atoms with Crippen molar-refractivity contribution in [2.24, 2.45) is 10.8 Å². The van der Waals surface area contributed by atoms with Crippen molar-refractivity contribution in [3.8, 4) is 6.07 Å². The number of Topliss-reactive ketones (excluding diaryl/α,β-unsaturated/α-hetero) is 1. The van der Waals surface area contributed by atoms with Gasteiger partial charge in [-0.05, 0) is 56.9 Å². The Morgan fingerprint density at radius 2 is 1.81 bits per heavy atom. The van der Waals surface area contributed by atoms with Crippen LogP contribution in [0.5, 0.6) is 0 Å². The van der Waals surface area contributed by atoms with E-state index in [1.165, 1.54) is 19.3 Å². The minimum Gasteiger partial charge on any atom is -0.328 e. The van der Waals surface area contributed by atoms with Crippen LogP contribution in [-0.2, 0) is 4.79 Å². The van der Waals surface area contributed by atoms with Gasteiger partial charge in [-0.1, -0.05) is 13.3 Å².